The van der Waals surface area contributed by atoms with E-state index in [1.54, 1.807) is 19.2 Å². The summed E-state index contributed by atoms with van der Waals surface area (Å²) < 4.78 is 5.05. The molecule has 6 heteroatoms. The van der Waals surface area contributed by atoms with Gasteiger partial charge in [0.2, 0.25) is 10.6 Å². The van der Waals surface area contributed by atoms with Crippen LogP contribution in [-0.2, 0) is 0 Å². The van der Waals surface area contributed by atoms with Crippen LogP contribution in [-0.4, -0.2) is 22.1 Å². The highest BCUT2D eigenvalue weighted by Crippen LogP contribution is 2.20. The van der Waals surface area contributed by atoms with Crippen LogP contribution in [0, 0.1) is 0 Å². The maximum atomic E-state index is 5.69. The summed E-state index contributed by atoms with van der Waals surface area (Å²) in [7, 11) is 1.60. The molecule has 0 saturated heterocycles. The lowest BCUT2D eigenvalue weighted by Crippen LogP contribution is -1.93. The van der Waals surface area contributed by atoms with E-state index in [1.165, 1.54) is 0 Å². The second-order valence-electron chi connectivity index (χ2n) is 2.93. The number of hydrogen-bond donors (Lipinski definition) is 0. The lowest BCUT2D eigenvalue weighted by atomic mass is 10.2. The van der Waals surface area contributed by atoms with Gasteiger partial charge in [-0.3, -0.25) is 0 Å². The fourth-order valence-electron chi connectivity index (χ4n) is 1.20. The van der Waals surface area contributed by atoms with E-state index in [2.05, 4.69) is 15.0 Å². The lowest BCUT2D eigenvalue weighted by Gasteiger charge is -2.02. The monoisotopic (exact) mass is 315 g/mol. The number of halogens is 2. The van der Waals surface area contributed by atoms with Crippen molar-refractivity contribution in [3.05, 3.63) is 34.8 Å². The van der Waals surface area contributed by atoms with Crippen molar-refractivity contribution in [2.75, 3.05) is 7.11 Å². The fourth-order valence-corrected chi connectivity index (χ4v) is 1.56. The maximum Gasteiger partial charge on any atom is 0.227 e. The average molecular weight is 316 g/mol. The van der Waals surface area contributed by atoms with Crippen molar-refractivity contribution >= 4 is 23.2 Å². The van der Waals surface area contributed by atoms with E-state index in [1.807, 2.05) is 39.8 Å². The van der Waals surface area contributed by atoms with Gasteiger partial charge in [-0.1, -0.05) is 27.7 Å². The summed E-state index contributed by atoms with van der Waals surface area (Å²) in [4.78, 5) is 11.6. The third kappa shape index (κ3) is 5.72. The molecule has 20 heavy (non-hydrogen) atoms. The Morgan fingerprint density at radius 1 is 0.800 bits per heavy atom. The third-order valence-electron chi connectivity index (χ3n) is 1.93. The van der Waals surface area contributed by atoms with Crippen LogP contribution in [0.3, 0.4) is 0 Å². The SMILES string of the molecule is CC.CC.COc1ccc(-c2nc(Cl)nc(Cl)n2)cc1. The summed E-state index contributed by atoms with van der Waals surface area (Å²) in [5.74, 6) is 1.20. The number of aromatic nitrogens is 3. The molecule has 0 N–H and O–H groups in total. The molecule has 0 amide bonds. The van der Waals surface area contributed by atoms with Gasteiger partial charge in [0, 0.05) is 5.56 Å². The van der Waals surface area contributed by atoms with Crippen LogP contribution in [0.15, 0.2) is 24.3 Å². The summed E-state index contributed by atoms with van der Waals surface area (Å²) in [6, 6.07) is 7.25. The predicted molar refractivity (Wildman–Crippen MR) is 84.5 cm³/mol. The van der Waals surface area contributed by atoms with Gasteiger partial charge in [0.25, 0.3) is 0 Å². The Labute approximate surface area is 130 Å². The first kappa shape index (κ1) is 18.6. The van der Waals surface area contributed by atoms with E-state index in [0.29, 0.717) is 5.82 Å². The maximum absolute atomic E-state index is 5.69. The Morgan fingerprint density at radius 2 is 1.25 bits per heavy atom. The van der Waals surface area contributed by atoms with Crippen LogP contribution in [0.2, 0.25) is 10.6 Å². The molecule has 0 saturated carbocycles. The molecule has 0 bridgehead atoms. The number of benzene rings is 1. The smallest absolute Gasteiger partial charge is 0.227 e. The molecule has 1 heterocycles. The van der Waals surface area contributed by atoms with E-state index in [-0.39, 0.29) is 10.6 Å². The van der Waals surface area contributed by atoms with Crippen LogP contribution in [0.1, 0.15) is 27.7 Å². The molecule has 0 aliphatic heterocycles. The summed E-state index contributed by atoms with van der Waals surface area (Å²) in [6.07, 6.45) is 0. The van der Waals surface area contributed by atoms with E-state index >= 15 is 0 Å². The van der Waals surface area contributed by atoms with Gasteiger partial charge in [0.1, 0.15) is 5.75 Å². The van der Waals surface area contributed by atoms with Crippen molar-refractivity contribution in [2.24, 2.45) is 0 Å². The number of hydrogen-bond acceptors (Lipinski definition) is 4. The molecule has 0 atom stereocenters. The van der Waals surface area contributed by atoms with E-state index in [9.17, 15) is 0 Å². The Morgan fingerprint density at radius 3 is 1.65 bits per heavy atom. The summed E-state index contributed by atoms with van der Waals surface area (Å²) >= 11 is 11.4. The minimum atomic E-state index is 0.0748. The molecule has 1 aromatic carbocycles. The van der Waals surface area contributed by atoms with Gasteiger partial charge in [0.05, 0.1) is 7.11 Å². The average Bonchev–Trinajstić information content (AvgIpc) is 2.50. The zero-order chi connectivity index (χ0) is 15.5. The molecule has 2 rings (SSSR count). The van der Waals surface area contributed by atoms with Gasteiger partial charge in [-0.2, -0.15) is 15.0 Å². The van der Waals surface area contributed by atoms with Gasteiger partial charge in [0.15, 0.2) is 5.82 Å². The van der Waals surface area contributed by atoms with Crippen LogP contribution in [0.4, 0.5) is 0 Å². The summed E-state index contributed by atoms with van der Waals surface area (Å²) in [6.45, 7) is 8.00. The highest BCUT2D eigenvalue weighted by Gasteiger charge is 2.05. The van der Waals surface area contributed by atoms with Gasteiger partial charge in [-0.25, -0.2) is 0 Å². The van der Waals surface area contributed by atoms with Crippen molar-refractivity contribution in [2.45, 2.75) is 27.7 Å². The molecule has 0 spiro atoms. The highest BCUT2D eigenvalue weighted by molar-refractivity contribution is 6.31. The first-order valence-electron chi connectivity index (χ1n) is 6.40. The van der Waals surface area contributed by atoms with E-state index in [0.717, 1.165) is 11.3 Å². The minimum Gasteiger partial charge on any atom is -0.497 e. The van der Waals surface area contributed by atoms with Crippen molar-refractivity contribution in [3.8, 4) is 17.1 Å². The molecule has 0 aliphatic carbocycles. The standard InChI is InChI=1S/C10H7Cl2N3O.2C2H6/c1-16-7-4-2-6(3-5-7)8-13-9(11)15-10(12)14-8;2*1-2/h2-5H,1H3;2*1-2H3. The first-order valence-corrected chi connectivity index (χ1v) is 7.16. The van der Waals surface area contributed by atoms with Gasteiger partial charge in [-0.05, 0) is 47.5 Å². The van der Waals surface area contributed by atoms with E-state index in [4.69, 9.17) is 27.9 Å². The van der Waals surface area contributed by atoms with Crippen molar-refractivity contribution < 1.29 is 4.74 Å². The van der Waals surface area contributed by atoms with Gasteiger partial charge < -0.3 is 4.74 Å². The molecule has 4 nitrogen and oxygen atoms in total. The number of nitrogens with zero attached hydrogens (tertiary/aromatic N) is 3. The number of rotatable bonds is 2. The molecule has 110 valence electrons. The molecule has 0 fully saturated rings. The van der Waals surface area contributed by atoms with Crippen molar-refractivity contribution in [1.29, 1.82) is 0 Å². The first-order chi connectivity index (χ1) is 9.69. The second kappa shape index (κ2) is 10.4. The molecule has 1 aromatic heterocycles. The number of ether oxygens (including phenoxy) is 1. The normalized spacial score (nSPS) is 8.75. The second-order valence-corrected chi connectivity index (χ2v) is 3.60. The van der Waals surface area contributed by atoms with Crippen LogP contribution in [0.25, 0.3) is 11.4 Å². The summed E-state index contributed by atoms with van der Waals surface area (Å²) in [5, 5.41) is 0.150. The Hall–Kier alpha value is -1.39. The Balaban J connectivity index is 0.000000829. The quantitative estimate of drug-likeness (QED) is 0.790. The lowest BCUT2D eigenvalue weighted by molar-refractivity contribution is 0.415. The van der Waals surface area contributed by atoms with Crippen LogP contribution < -0.4 is 4.74 Å². The van der Waals surface area contributed by atoms with Gasteiger partial charge in [-0.15, -0.1) is 0 Å². The molecule has 0 radical (unpaired) electrons. The zero-order valence-corrected chi connectivity index (χ0v) is 13.8. The van der Waals surface area contributed by atoms with E-state index < -0.39 is 0 Å². The third-order valence-corrected chi connectivity index (χ3v) is 2.27. The largest absolute Gasteiger partial charge is 0.497 e. The zero-order valence-electron chi connectivity index (χ0n) is 12.3. The molecule has 0 aliphatic rings. The summed E-state index contributed by atoms with van der Waals surface area (Å²) in [5.41, 5.74) is 0.798. The predicted octanol–water partition coefficient (Wildman–Crippen LogP) is 4.91. The Kier molecular flexibility index (Phi) is 9.68. The van der Waals surface area contributed by atoms with Crippen LogP contribution >= 0.6 is 23.2 Å². The molecular formula is C14H19Cl2N3O. The molecular weight excluding hydrogens is 297 g/mol. The van der Waals surface area contributed by atoms with Gasteiger partial charge >= 0.3 is 0 Å². The fraction of sp³-hybridized carbons (Fsp3) is 0.357. The highest BCUT2D eigenvalue weighted by atomic mass is 35.5. The number of methoxy groups -OCH3 is 1. The van der Waals surface area contributed by atoms with Crippen molar-refractivity contribution in [3.63, 3.8) is 0 Å². The topological polar surface area (TPSA) is 47.9 Å². The molecule has 0 unspecified atom stereocenters. The Bertz CT molecular complexity index is 484. The minimum absolute atomic E-state index is 0.0748. The molecule has 2 aromatic rings. The van der Waals surface area contributed by atoms with Crippen molar-refractivity contribution in [1.82, 2.24) is 15.0 Å². The van der Waals surface area contributed by atoms with Crippen LogP contribution in [0.5, 0.6) is 5.75 Å².